The van der Waals surface area contributed by atoms with Crippen LogP contribution in [-0.2, 0) is 4.79 Å². The van der Waals surface area contributed by atoms with Crippen molar-refractivity contribution in [3.8, 4) is 5.75 Å². The second kappa shape index (κ2) is 10.9. The lowest BCUT2D eigenvalue weighted by atomic mass is 9.90. The van der Waals surface area contributed by atoms with E-state index in [0.29, 0.717) is 17.9 Å². The van der Waals surface area contributed by atoms with E-state index in [0.717, 1.165) is 68.1 Å². The average molecular weight is 465 g/mol. The lowest BCUT2D eigenvalue weighted by molar-refractivity contribution is -0.133. The third-order valence-corrected chi connectivity index (χ3v) is 8.55. The summed E-state index contributed by atoms with van der Waals surface area (Å²) >= 11 is 0. The topological polar surface area (TPSA) is 57.5 Å². The molecule has 0 spiro atoms. The van der Waals surface area contributed by atoms with Gasteiger partial charge in [-0.2, -0.15) is 5.10 Å². The first-order valence-electron chi connectivity index (χ1n) is 13.5. The van der Waals surface area contributed by atoms with Gasteiger partial charge in [-0.15, -0.1) is 5.10 Å². The number of likely N-dealkylation sites (tertiary alicyclic amines) is 1. The van der Waals surface area contributed by atoms with Crippen molar-refractivity contribution in [1.82, 2.24) is 4.90 Å². The van der Waals surface area contributed by atoms with E-state index in [2.05, 4.69) is 51.2 Å². The van der Waals surface area contributed by atoms with Gasteiger partial charge in [-0.3, -0.25) is 4.79 Å². The maximum absolute atomic E-state index is 12.6. The normalized spacial score (nSPS) is 27.7. The molecule has 1 amide bonds. The minimum atomic E-state index is 0.339. The van der Waals surface area contributed by atoms with Crippen LogP contribution in [0.25, 0.3) is 0 Å². The van der Waals surface area contributed by atoms with E-state index >= 15 is 0 Å². The zero-order valence-electron chi connectivity index (χ0n) is 20.6. The Balaban J connectivity index is 0.996. The number of carbonyl (C=O) groups is 1. The van der Waals surface area contributed by atoms with Gasteiger partial charge in [0.25, 0.3) is 0 Å². The van der Waals surface area contributed by atoms with Crippen LogP contribution in [0.1, 0.15) is 71.1 Å². The zero-order valence-corrected chi connectivity index (χ0v) is 20.6. The number of ether oxygens (including phenoxy) is 1. The maximum atomic E-state index is 12.6. The molecular formula is C28H40N4O2. The molecule has 34 heavy (non-hydrogen) atoms. The Morgan fingerprint density at radius 3 is 2.59 bits per heavy atom. The molecule has 0 aromatic heterocycles. The number of benzene rings is 1. The van der Waals surface area contributed by atoms with Gasteiger partial charge in [-0.25, -0.2) is 0 Å². The van der Waals surface area contributed by atoms with Crippen LogP contribution in [0.3, 0.4) is 0 Å². The second-order valence-electron chi connectivity index (χ2n) is 10.9. The SMILES string of the molecule is CC1CC=NN=CN1c1ccc(OCCC2CC2C2CCN(C(=O)CC3CCCC3)CC2)cc1. The molecule has 4 aliphatic rings. The van der Waals surface area contributed by atoms with E-state index in [9.17, 15) is 4.79 Å². The van der Waals surface area contributed by atoms with Crippen LogP contribution in [0.15, 0.2) is 34.5 Å². The fourth-order valence-corrected chi connectivity index (χ4v) is 6.27. The highest BCUT2D eigenvalue weighted by molar-refractivity contribution is 5.82. The highest BCUT2D eigenvalue weighted by atomic mass is 16.5. The number of hydrogen-bond acceptors (Lipinski definition) is 5. The summed E-state index contributed by atoms with van der Waals surface area (Å²) < 4.78 is 6.07. The van der Waals surface area contributed by atoms with Crippen molar-refractivity contribution >= 4 is 24.1 Å². The van der Waals surface area contributed by atoms with Gasteiger partial charge in [-0.1, -0.05) is 12.8 Å². The Hall–Kier alpha value is -2.37. The first kappa shape index (κ1) is 23.4. The van der Waals surface area contributed by atoms with Crippen molar-refractivity contribution in [3.05, 3.63) is 24.3 Å². The number of carbonyl (C=O) groups excluding carboxylic acids is 1. The Labute approximate surface area is 204 Å². The highest BCUT2D eigenvalue weighted by Gasteiger charge is 2.43. The molecule has 1 aromatic carbocycles. The van der Waals surface area contributed by atoms with Crippen molar-refractivity contribution in [1.29, 1.82) is 0 Å². The van der Waals surface area contributed by atoms with Crippen molar-refractivity contribution in [2.24, 2.45) is 33.9 Å². The molecule has 6 nitrogen and oxygen atoms in total. The van der Waals surface area contributed by atoms with Gasteiger partial charge in [0, 0.05) is 43.9 Å². The number of piperidine rings is 1. The van der Waals surface area contributed by atoms with Crippen LogP contribution in [0.5, 0.6) is 5.75 Å². The third kappa shape index (κ3) is 5.81. The Kier molecular flexibility index (Phi) is 7.51. The van der Waals surface area contributed by atoms with E-state index in [1.807, 2.05) is 6.21 Å². The Morgan fingerprint density at radius 2 is 1.82 bits per heavy atom. The third-order valence-electron chi connectivity index (χ3n) is 8.55. The molecule has 6 heteroatoms. The van der Waals surface area contributed by atoms with Crippen LogP contribution >= 0.6 is 0 Å². The van der Waals surface area contributed by atoms with Crippen LogP contribution in [-0.4, -0.2) is 49.1 Å². The average Bonchev–Trinajstić information content (AvgIpc) is 3.51. The number of hydrogen-bond donors (Lipinski definition) is 0. The minimum Gasteiger partial charge on any atom is -0.494 e. The predicted octanol–water partition coefficient (Wildman–Crippen LogP) is 5.52. The Morgan fingerprint density at radius 1 is 1.06 bits per heavy atom. The van der Waals surface area contributed by atoms with Crippen LogP contribution in [0, 0.1) is 23.7 Å². The van der Waals surface area contributed by atoms with Crippen molar-refractivity contribution in [3.63, 3.8) is 0 Å². The molecule has 3 unspecified atom stereocenters. The van der Waals surface area contributed by atoms with Gasteiger partial charge in [0.2, 0.25) is 5.91 Å². The molecule has 2 aliphatic heterocycles. The summed E-state index contributed by atoms with van der Waals surface area (Å²) in [6, 6.07) is 8.66. The van der Waals surface area contributed by atoms with Gasteiger partial charge >= 0.3 is 0 Å². The summed E-state index contributed by atoms with van der Waals surface area (Å²) in [4.78, 5) is 16.9. The van der Waals surface area contributed by atoms with Gasteiger partial charge in [0.05, 0.1) is 6.61 Å². The summed E-state index contributed by atoms with van der Waals surface area (Å²) in [5, 5.41) is 8.08. The molecular weight excluding hydrogens is 424 g/mol. The van der Waals surface area contributed by atoms with Gasteiger partial charge in [-0.05, 0) is 93.4 Å². The molecule has 5 rings (SSSR count). The fourth-order valence-electron chi connectivity index (χ4n) is 6.27. The standard InChI is InChI=1S/C28H40N4O2/c1-21-10-14-29-30-20-32(21)25-6-8-26(9-7-25)34-17-13-24-19-27(24)23-11-15-31(16-12-23)28(33)18-22-4-2-3-5-22/h6-9,14,20-24,27H,2-5,10-13,15-19H2,1H3. The molecule has 184 valence electrons. The summed E-state index contributed by atoms with van der Waals surface area (Å²) in [5.74, 6) is 4.48. The first-order chi connectivity index (χ1) is 16.7. The molecule has 3 atom stereocenters. The molecule has 2 saturated carbocycles. The molecule has 3 fully saturated rings. The molecule has 2 heterocycles. The molecule has 0 N–H and O–H groups in total. The molecule has 2 aliphatic carbocycles. The number of anilines is 1. The smallest absolute Gasteiger partial charge is 0.222 e. The van der Waals surface area contributed by atoms with Gasteiger partial charge < -0.3 is 14.5 Å². The van der Waals surface area contributed by atoms with Crippen molar-refractivity contribution < 1.29 is 9.53 Å². The van der Waals surface area contributed by atoms with E-state index in [-0.39, 0.29) is 0 Å². The summed E-state index contributed by atoms with van der Waals surface area (Å²) in [6.45, 7) is 4.93. The van der Waals surface area contributed by atoms with Crippen LogP contribution in [0.4, 0.5) is 5.69 Å². The van der Waals surface area contributed by atoms with E-state index in [1.165, 1.54) is 44.9 Å². The summed E-state index contributed by atoms with van der Waals surface area (Å²) in [6.07, 6.45) is 15.4. The summed E-state index contributed by atoms with van der Waals surface area (Å²) in [5.41, 5.74) is 1.12. The number of rotatable bonds is 8. The molecule has 0 bridgehead atoms. The quantitative estimate of drug-likeness (QED) is 0.509. The van der Waals surface area contributed by atoms with E-state index < -0.39 is 0 Å². The highest BCUT2D eigenvalue weighted by Crippen LogP contribution is 2.49. The maximum Gasteiger partial charge on any atom is 0.222 e. The second-order valence-corrected chi connectivity index (χ2v) is 10.9. The fraction of sp³-hybridized carbons (Fsp3) is 0.679. The molecule has 1 saturated heterocycles. The lowest BCUT2D eigenvalue weighted by Gasteiger charge is -2.33. The summed E-state index contributed by atoms with van der Waals surface area (Å²) in [7, 11) is 0. The first-order valence-corrected chi connectivity index (χ1v) is 13.5. The van der Waals surface area contributed by atoms with Gasteiger partial charge in [0.1, 0.15) is 12.1 Å². The zero-order chi connectivity index (χ0) is 23.3. The largest absolute Gasteiger partial charge is 0.494 e. The number of nitrogens with zero attached hydrogens (tertiary/aromatic N) is 4. The van der Waals surface area contributed by atoms with E-state index in [1.54, 1.807) is 6.34 Å². The van der Waals surface area contributed by atoms with E-state index in [4.69, 9.17) is 4.74 Å². The minimum absolute atomic E-state index is 0.339. The Bertz CT molecular complexity index is 869. The lowest BCUT2D eigenvalue weighted by Crippen LogP contribution is -2.39. The van der Waals surface area contributed by atoms with Crippen molar-refractivity contribution in [2.45, 2.75) is 77.2 Å². The van der Waals surface area contributed by atoms with Crippen LogP contribution in [0.2, 0.25) is 0 Å². The molecule has 0 radical (unpaired) electrons. The predicted molar refractivity (Wildman–Crippen MR) is 138 cm³/mol. The molecule has 1 aromatic rings. The van der Waals surface area contributed by atoms with Gasteiger partial charge in [0.15, 0.2) is 0 Å². The van der Waals surface area contributed by atoms with Crippen LogP contribution < -0.4 is 9.64 Å². The van der Waals surface area contributed by atoms with Crippen molar-refractivity contribution in [2.75, 3.05) is 24.6 Å². The number of amides is 1. The monoisotopic (exact) mass is 464 g/mol.